The lowest BCUT2D eigenvalue weighted by molar-refractivity contribution is -0.114. The number of aromatic nitrogens is 4. The minimum atomic E-state index is -0.0971. The number of hydrogen-bond donors (Lipinski definition) is 1. The van der Waals surface area contributed by atoms with Crippen LogP contribution in [-0.2, 0) is 22.6 Å². The molecule has 0 bridgehead atoms. The van der Waals surface area contributed by atoms with Gasteiger partial charge in [-0.25, -0.2) is 9.97 Å². The second kappa shape index (κ2) is 6.95. The lowest BCUT2D eigenvalue weighted by Gasteiger charge is -2.32. The van der Waals surface area contributed by atoms with Crippen molar-refractivity contribution in [3.63, 3.8) is 0 Å². The van der Waals surface area contributed by atoms with Crippen molar-refractivity contribution in [1.29, 1.82) is 0 Å². The first kappa shape index (κ1) is 15.1. The summed E-state index contributed by atoms with van der Waals surface area (Å²) in [5, 5.41) is 9.44. The average Bonchev–Trinajstić information content (AvgIpc) is 3.11. The molecule has 1 amide bonds. The van der Waals surface area contributed by atoms with E-state index in [1.54, 1.807) is 11.0 Å². The number of ether oxygens (including phenoxy) is 1. The summed E-state index contributed by atoms with van der Waals surface area (Å²) in [7, 11) is 0. The fraction of sp³-hybridized carbons (Fsp3) is 0.538. The van der Waals surface area contributed by atoms with Crippen LogP contribution >= 0.6 is 11.3 Å². The molecule has 1 aliphatic rings. The Morgan fingerprint density at radius 3 is 3.27 bits per heavy atom. The maximum Gasteiger partial charge on any atom is 0.223 e. The summed E-state index contributed by atoms with van der Waals surface area (Å²) >= 11 is 1.45. The van der Waals surface area contributed by atoms with Gasteiger partial charge in [-0.3, -0.25) is 14.4 Å². The van der Waals surface area contributed by atoms with Gasteiger partial charge >= 0.3 is 0 Å². The predicted molar refractivity (Wildman–Crippen MR) is 81.5 cm³/mol. The van der Waals surface area contributed by atoms with E-state index in [0.29, 0.717) is 18.3 Å². The average molecular weight is 322 g/mol. The molecule has 9 heteroatoms. The topological polar surface area (TPSA) is 85.2 Å². The number of rotatable bonds is 5. The van der Waals surface area contributed by atoms with Gasteiger partial charge in [0.05, 0.1) is 24.9 Å². The van der Waals surface area contributed by atoms with Crippen molar-refractivity contribution in [3.8, 4) is 0 Å². The Morgan fingerprint density at radius 2 is 2.50 bits per heavy atom. The molecule has 8 nitrogen and oxygen atoms in total. The monoisotopic (exact) mass is 322 g/mol. The molecule has 1 aliphatic heterocycles. The van der Waals surface area contributed by atoms with E-state index in [9.17, 15) is 4.79 Å². The number of morpholine rings is 1. The van der Waals surface area contributed by atoms with Gasteiger partial charge in [-0.05, 0) is 0 Å². The van der Waals surface area contributed by atoms with Crippen LogP contribution in [0.15, 0.2) is 18.0 Å². The van der Waals surface area contributed by atoms with Crippen LogP contribution < -0.4 is 5.32 Å². The molecule has 118 valence electrons. The van der Waals surface area contributed by atoms with Crippen molar-refractivity contribution >= 4 is 22.4 Å². The second-order valence-corrected chi connectivity index (χ2v) is 6.03. The van der Waals surface area contributed by atoms with Crippen LogP contribution in [0, 0.1) is 0 Å². The van der Waals surface area contributed by atoms with Crippen molar-refractivity contribution in [2.24, 2.45) is 0 Å². The predicted octanol–water partition coefficient (Wildman–Crippen LogP) is 0.594. The van der Waals surface area contributed by atoms with E-state index >= 15 is 0 Å². The van der Waals surface area contributed by atoms with Gasteiger partial charge in [0, 0.05) is 31.9 Å². The molecular formula is C13H18N6O2S. The van der Waals surface area contributed by atoms with E-state index in [0.717, 1.165) is 25.3 Å². The quantitative estimate of drug-likeness (QED) is 0.867. The van der Waals surface area contributed by atoms with E-state index < -0.39 is 0 Å². The lowest BCUT2D eigenvalue weighted by Crippen LogP contribution is -2.43. The zero-order valence-corrected chi connectivity index (χ0v) is 13.1. The first-order valence-corrected chi connectivity index (χ1v) is 7.95. The van der Waals surface area contributed by atoms with Crippen molar-refractivity contribution in [2.45, 2.75) is 26.1 Å². The molecule has 2 aromatic rings. The summed E-state index contributed by atoms with van der Waals surface area (Å²) in [5.74, 6) is -0.0971. The molecule has 2 aromatic heterocycles. The van der Waals surface area contributed by atoms with Gasteiger partial charge < -0.3 is 10.1 Å². The number of nitrogens with zero attached hydrogens (tertiary/aromatic N) is 5. The zero-order chi connectivity index (χ0) is 15.4. The first-order valence-electron chi connectivity index (χ1n) is 7.07. The third-order valence-electron chi connectivity index (χ3n) is 3.30. The molecule has 22 heavy (non-hydrogen) atoms. The standard InChI is InChI=1S/C13H18N6O2S/c1-10(20)16-13-17-11(7-22-13)4-18-2-3-21-12(5-18)6-19-9-14-8-15-19/h7-9,12H,2-6H2,1H3,(H,16,17,20)/t12-/m0/s1. The highest BCUT2D eigenvalue weighted by Crippen LogP contribution is 2.18. The largest absolute Gasteiger partial charge is 0.374 e. The molecule has 0 radical (unpaired) electrons. The van der Waals surface area contributed by atoms with Gasteiger partial charge in [-0.2, -0.15) is 5.10 Å². The molecule has 0 aromatic carbocycles. The Hall–Kier alpha value is -1.84. The third-order valence-corrected chi connectivity index (χ3v) is 4.11. The minimum Gasteiger partial charge on any atom is -0.374 e. The van der Waals surface area contributed by atoms with E-state index in [1.165, 1.54) is 24.6 Å². The Labute approximate surface area is 132 Å². The Bertz CT molecular complexity index is 614. The van der Waals surface area contributed by atoms with Crippen LogP contribution in [0.4, 0.5) is 5.13 Å². The maximum absolute atomic E-state index is 11.0. The Kier molecular flexibility index (Phi) is 4.76. The molecule has 1 fully saturated rings. The van der Waals surface area contributed by atoms with Crippen molar-refractivity contribution in [2.75, 3.05) is 25.0 Å². The molecule has 1 N–H and O–H groups in total. The third kappa shape index (κ3) is 4.09. The SMILES string of the molecule is CC(=O)Nc1nc(CN2CCO[C@H](Cn3cncn3)C2)cs1. The van der Waals surface area contributed by atoms with Gasteiger partial charge in [0.2, 0.25) is 5.91 Å². The summed E-state index contributed by atoms with van der Waals surface area (Å²) in [5.41, 5.74) is 0.968. The zero-order valence-electron chi connectivity index (χ0n) is 12.3. The van der Waals surface area contributed by atoms with Crippen molar-refractivity contribution in [3.05, 3.63) is 23.7 Å². The minimum absolute atomic E-state index is 0.0971. The van der Waals surface area contributed by atoms with Gasteiger partial charge in [0.25, 0.3) is 0 Å². The smallest absolute Gasteiger partial charge is 0.223 e. The van der Waals surface area contributed by atoms with Gasteiger partial charge in [0.1, 0.15) is 12.7 Å². The number of anilines is 1. The number of carbonyl (C=O) groups is 1. The number of thiazole rings is 1. The molecule has 3 rings (SSSR count). The summed E-state index contributed by atoms with van der Waals surface area (Å²) in [6, 6.07) is 0. The summed E-state index contributed by atoms with van der Waals surface area (Å²) < 4.78 is 7.56. The highest BCUT2D eigenvalue weighted by atomic mass is 32.1. The summed E-state index contributed by atoms with van der Waals surface area (Å²) in [6.07, 6.45) is 3.32. The summed E-state index contributed by atoms with van der Waals surface area (Å²) in [6.45, 7) is 5.34. The molecule has 0 saturated carbocycles. The number of carbonyl (C=O) groups excluding carboxylic acids is 1. The molecule has 0 spiro atoms. The molecule has 1 saturated heterocycles. The first-order chi connectivity index (χ1) is 10.7. The van der Waals surface area contributed by atoms with Crippen molar-refractivity contribution in [1.82, 2.24) is 24.6 Å². The highest BCUT2D eigenvalue weighted by Gasteiger charge is 2.22. The molecule has 1 atom stereocenters. The molecular weight excluding hydrogens is 304 g/mol. The molecule has 3 heterocycles. The van der Waals surface area contributed by atoms with Crippen LogP contribution in [0.2, 0.25) is 0 Å². The van der Waals surface area contributed by atoms with E-state index in [4.69, 9.17) is 4.74 Å². The van der Waals surface area contributed by atoms with Crippen LogP contribution in [0.25, 0.3) is 0 Å². The van der Waals surface area contributed by atoms with Crippen molar-refractivity contribution < 1.29 is 9.53 Å². The Morgan fingerprint density at radius 1 is 1.59 bits per heavy atom. The van der Waals surface area contributed by atoms with Crippen LogP contribution in [0.1, 0.15) is 12.6 Å². The van der Waals surface area contributed by atoms with E-state index in [2.05, 4.69) is 25.3 Å². The fourth-order valence-corrected chi connectivity index (χ4v) is 3.13. The highest BCUT2D eigenvalue weighted by molar-refractivity contribution is 7.13. The van der Waals surface area contributed by atoms with Crippen LogP contribution in [-0.4, -0.2) is 56.4 Å². The molecule has 0 unspecified atom stereocenters. The lowest BCUT2D eigenvalue weighted by atomic mass is 10.2. The van der Waals surface area contributed by atoms with Gasteiger partial charge in [-0.15, -0.1) is 11.3 Å². The van der Waals surface area contributed by atoms with Crippen LogP contribution in [0.3, 0.4) is 0 Å². The maximum atomic E-state index is 11.0. The number of nitrogens with one attached hydrogen (secondary N) is 1. The fourth-order valence-electron chi connectivity index (χ4n) is 2.39. The number of amides is 1. The van der Waals surface area contributed by atoms with E-state index in [-0.39, 0.29) is 12.0 Å². The van der Waals surface area contributed by atoms with Crippen LogP contribution in [0.5, 0.6) is 0 Å². The molecule has 0 aliphatic carbocycles. The number of hydrogen-bond acceptors (Lipinski definition) is 7. The van der Waals surface area contributed by atoms with E-state index in [1.807, 2.05) is 5.38 Å². The van der Waals surface area contributed by atoms with Gasteiger partial charge in [-0.1, -0.05) is 0 Å². The van der Waals surface area contributed by atoms with Gasteiger partial charge in [0.15, 0.2) is 5.13 Å². The Balaban J connectivity index is 1.53. The summed E-state index contributed by atoms with van der Waals surface area (Å²) in [4.78, 5) is 21.7. The second-order valence-electron chi connectivity index (χ2n) is 5.17. The normalized spacial score (nSPS) is 19.2.